The number of hydrogen-bond donors (Lipinski definition) is 1. The van der Waals surface area contributed by atoms with Crippen molar-refractivity contribution in [2.24, 2.45) is 5.41 Å². The lowest BCUT2D eigenvalue weighted by atomic mass is 9.87. The minimum absolute atomic E-state index is 0.293. The molecule has 0 saturated carbocycles. The van der Waals surface area contributed by atoms with E-state index in [4.69, 9.17) is 0 Å². The smallest absolute Gasteiger partial charge is 0.113 e. The molecule has 1 heterocycles. The summed E-state index contributed by atoms with van der Waals surface area (Å²) in [6, 6.07) is 6.35. The van der Waals surface area contributed by atoms with Crippen LogP contribution in [0.5, 0.6) is 0 Å². The molecule has 89 valence electrons. The van der Waals surface area contributed by atoms with E-state index in [1.165, 1.54) is 5.56 Å². The zero-order chi connectivity index (χ0) is 12.5. The van der Waals surface area contributed by atoms with Crippen molar-refractivity contribution in [3.63, 3.8) is 0 Å². The normalized spacial score (nSPS) is 11.8. The summed E-state index contributed by atoms with van der Waals surface area (Å²) in [5, 5.41) is 10.5. The van der Waals surface area contributed by atoms with Crippen LogP contribution in [-0.4, -0.2) is 15.4 Å². The van der Waals surface area contributed by atoms with Crippen molar-refractivity contribution in [3.8, 4) is 11.3 Å². The molecule has 2 aromatic rings. The fourth-order valence-electron chi connectivity index (χ4n) is 1.95. The predicted octanol–water partition coefficient (Wildman–Crippen LogP) is 3.24. The Morgan fingerprint density at radius 2 is 2.06 bits per heavy atom. The molecule has 0 amide bonds. The minimum atomic E-state index is 0.293. The number of nitrogens with zero attached hydrogens (tertiary/aromatic N) is 2. The van der Waals surface area contributed by atoms with Gasteiger partial charge in [-0.2, -0.15) is 15.4 Å². The molecule has 17 heavy (non-hydrogen) atoms. The second-order valence-electron chi connectivity index (χ2n) is 5.58. The Morgan fingerprint density at radius 1 is 1.29 bits per heavy atom. The highest BCUT2D eigenvalue weighted by Crippen LogP contribution is 2.25. The first kappa shape index (κ1) is 11.8. The Hall–Kier alpha value is -1.64. The predicted molar refractivity (Wildman–Crippen MR) is 69.4 cm³/mol. The van der Waals surface area contributed by atoms with Gasteiger partial charge in [0, 0.05) is 5.56 Å². The molecule has 2 rings (SSSR count). The van der Waals surface area contributed by atoms with Gasteiger partial charge in [0.25, 0.3) is 0 Å². The molecule has 0 atom stereocenters. The van der Waals surface area contributed by atoms with Crippen molar-refractivity contribution < 1.29 is 0 Å². The zero-order valence-corrected chi connectivity index (χ0v) is 10.6. The summed E-state index contributed by atoms with van der Waals surface area (Å²) in [6.07, 6.45) is 2.77. The van der Waals surface area contributed by atoms with E-state index in [9.17, 15) is 0 Å². The Labute approximate surface area is 102 Å². The molecule has 0 unspecified atom stereocenters. The van der Waals surface area contributed by atoms with E-state index < -0.39 is 0 Å². The van der Waals surface area contributed by atoms with Crippen molar-refractivity contribution in [1.82, 2.24) is 15.4 Å². The molecule has 1 aromatic heterocycles. The lowest BCUT2D eigenvalue weighted by Gasteiger charge is -2.18. The number of aromatic amines is 1. The second-order valence-corrected chi connectivity index (χ2v) is 5.58. The SMILES string of the molecule is [CH2]c1cc(CC(C)(C)C)ccc1-c1cn[nH]n1. The fourth-order valence-corrected chi connectivity index (χ4v) is 1.95. The number of hydrogen-bond acceptors (Lipinski definition) is 2. The van der Waals surface area contributed by atoms with E-state index in [0.717, 1.165) is 23.2 Å². The van der Waals surface area contributed by atoms with Gasteiger partial charge in [-0.1, -0.05) is 39.0 Å². The van der Waals surface area contributed by atoms with Crippen molar-refractivity contribution in [3.05, 3.63) is 42.4 Å². The number of benzene rings is 1. The van der Waals surface area contributed by atoms with Gasteiger partial charge in [0.15, 0.2) is 0 Å². The van der Waals surface area contributed by atoms with Gasteiger partial charge in [-0.15, -0.1) is 0 Å². The van der Waals surface area contributed by atoms with Crippen LogP contribution in [0, 0.1) is 12.3 Å². The zero-order valence-electron chi connectivity index (χ0n) is 10.6. The van der Waals surface area contributed by atoms with E-state index >= 15 is 0 Å². The fraction of sp³-hybridized carbons (Fsp3) is 0.357. The maximum Gasteiger partial charge on any atom is 0.113 e. The van der Waals surface area contributed by atoms with Crippen LogP contribution in [0.25, 0.3) is 11.3 Å². The Bertz CT molecular complexity index is 493. The minimum Gasteiger partial charge on any atom is -0.197 e. The lowest BCUT2D eigenvalue weighted by molar-refractivity contribution is 0.411. The summed E-state index contributed by atoms with van der Waals surface area (Å²) < 4.78 is 0. The molecule has 0 spiro atoms. The van der Waals surface area contributed by atoms with Gasteiger partial charge in [-0.3, -0.25) is 0 Å². The molecule has 0 fully saturated rings. The van der Waals surface area contributed by atoms with Crippen LogP contribution in [0.2, 0.25) is 0 Å². The monoisotopic (exact) mass is 228 g/mol. The van der Waals surface area contributed by atoms with E-state index in [1.54, 1.807) is 6.20 Å². The van der Waals surface area contributed by atoms with Gasteiger partial charge in [0.1, 0.15) is 5.69 Å². The average Bonchev–Trinajstić information content (AvgIpc) is 2.68. The molecule has 1 N–H and O–H groups in total. The van der Waals surface area contributed by atoms with E-state index in [-0.39, 0.29) is 0 Å². The third-order valence-electron chi connectivity index (χ3n) is 2.60. The highest BCUT2D eigenvalue weighted by atomic mass is 15.3. The van der Waals surface area contributed by atoms with Crippen LogP contribution < -0.4 is 0 Å². The Balaban J connectivity index is 2.30. The molecule has 0 saturated heterocycles. The summed E-state index contributed by atoms with van der Waals surface area (Å²) in [5.41, 5.74) is 4.49. The molecule has 0 aliphatic heterocycles. The summed E-state index contributed by atoms with van der Waals surface area (Å²) in [4.78, 5) is 0. The van der Waals surface area contributed by atoms with Gasteiger partial charge < -0.3 is 0 Å². The first-order chi connectivity index (χ1) is 7.96. The van der Waals surface area contributed by atoms with Crippen LogP contribution in [0.4, 0.5) is 0 Å². The number of nitrogens with one attached hydrogen (secondary N) is 1. The third kappa shape index (κ3) is 2.93. The summed E-state index contributed by atoms with van der Waals surface area (Å²) in [5.74, 6) is 0. The van der Waals surface area contributed by atoms with Gasteiger partial charge in [-0.05, 0) is 29.9 Å². The molecule has 3 heteroatoms. The van der Waals surface area contributed by atoms with Gasteiger partial charge in [0.05, 0.1) is 6.20 Å². The summed E-state index contributed by atoms with van der Waals surface area (Å²) in [7, 11) is 0. The van der Waals surface area contributed by atoms with E-state index in [2.05, 4.69) is 61.3 Å². The number of rotatable bonds is 2. The molecular formula is C14H18N3. The average molecular weight is 228 g/mol. The Morgan fingerprint density at radius 3 is 2.59 bits per heavy atom. The Kier molecular flexibility index (Phi) is 3.01. The highest BCUT2D eigenvalue weighted by Gasteiger charge is 2.12. The molecular weight excluding hydrogens is 210 g/mol. The topological polar surface area (TPSA) is 41.6 Å². The quantitative estimate of drug-likeness (QED) is 0.857. The first-order valence-electron chi connectivity index (χ1n) is 5.77. The van der Waals surface area contributed by atoms with Crippen LogP contribution in [0.3, 0.4) is 0 Å². The molecule has 0 aliphatic rings. The maximum atomic E-state index is 4.09. The third-order valence-corrected chi connectivity index (χ3v) is 2.60. The van der Waals surface area contributed by atoms with Gasteiger partial charge in [-0.25, -0.2) is 0 Å². The largest absolute Gasteiger partial charge is 0.197 e. The van der Waals surface area contributed by atoms with Crippen LogP contribution in [-0.2, 0) is 6.42 Å². The molecule has 0 bridgehead atoms. The van der Waals surface area contributed by atoms with Crippen LogP contribution in [0.15, 0.2) is 24.4 Å². The highest BCUT2D eigenvalue weighted by molar-refractivity contribution is 5.64. The molecule has 0 aliphatic carbocycles. The number of aromatic nitrogens is 3. The van der Waals surface area contributed by atoms with Crippen LogP contribution in [0.1, 0.15) is 31.9 Å². The summed E-state index contributed by atoms with van der Waals surface area (Å²) in [6.45, 7) is 10.8. The lowest BCUT2D eigenvalue weighted by Crippen LogP contribution is -2.09. The van der Waals surface area contributed by atoms with E-state index in [0.29, 0.717) is 5.41 Å². The van der Waals surface area contributed by atoms with Gasteiger partial charge >= 0.3 is 0 Å². The van der Waals surface area contributed by atoms with Crippen LogP contribution >= 0.6 is 0 Å². The number of H-pyrrole nitrogens is 1. The molecule has 3 nitrogen and oxygen atoms in total. The standard InChI is InChI=1S/C14H18N3/c1-10-7-11(8-14(2,3)4)5-6-12(10)13-9-15-17-16-13/h5-7,9H,1,8H2,2-4H3,(H,15,16,17). The van der Waals surface area contributed by atoms with Crippen molar-refractivity contribution in [1.29, 1.82) is 0 Å². The van der Waals surface area contributed by atoms with Gasteiger partial charge in [0.2, 0.25) is 0 Å². The maximum absolute atomic E-state index is 4.09. The van der Waals surface area contributed by atoms with Crippen molar-refractivity contribution >= 4 is 0 Å². The second kappa shape index (κ2) is 4.32. The van der Waals surface area contributed by atoms with Crippen molar-refractivity contribution in [2.75, 3.05) is 0 Å². The van der Waals surface area contributed by atoms with Crippen molar-refractivity contribution in [2.45, 2.75) is 27.2 Å². The van der Waals surface area contributed by atoms with E-state index in [1.807, 2.05) is 0 Å². The summed E-state index contributed by atoms with van der Waals surface area (Å²) >= 11 is 0. The first-order valence-corrected chi connectivity index (χ1v) is 5.77. The molecule has 1 radical (unpaired) electrons. The molecule has 1 aromatic carbocycles.